The third-order valence-corrected chi connectivity index (χ3v) is 6.74. The SMILES string of the molecule is C=C(C)Oc1c(/C=C/c2nc3ccccn3c2C(=O)Nc2nc(C3CCC3)cs2)cccc1OC(F)F.CC. The highest BCUT2D eigenvalue weighted by atomic mass is 32.1. The Morgan fingerprint density at radius 1 is 1.18 bits per heavy atom. The molecule has 1 aromatic carbocycles. The predicted octanol–water partition coefficient (Wildman–Crippen LogP) is 8.02. The normalized spacial score (nSPS) is 13.2. The van der Waals surface area contributed by atoms with Crippen molar-refractivity contribution < 1.29 is 23.0 Å². The highest BCUT2D eigenvalue weighted by Crippen LogP contribution is 2.38. The summed E-state index contributed by atoms with van der Waals surface area (Å²) in [5, 5.41) is 5.42. The molecule has 5 rings (SSSR count). The minimum Gasteiger partial charge on any atom is -0.458 e. The van der Waals surface area contributed by atoms with E-state index >= 15 is 0 Å². The number of nitrogens with zero attached hydrogens (tertiary/aromatic N) is 3. The van der Waals surface area contributed by atoms with Crippen LogP contribution in [0.25, 0.3) is 17.8 Å². The van der Waals surface area contributed by atoms with Gasteiger partial charge >= 0.3 is 6.61 Å². The third kappa shape index (κ3) is 6.51. The van der Waals surface area contributed by atoms with Gasteiger partial charge in [-0.05, 0) is 50.1 Å². The van der Waals surface area contributed by atoms with Gasteiger partial charge in [0.05, 0.1) is 17.1 Å². The van der Waals surface area contributed by atoms with Crippen LogP contribution in [0.5, 0.6) is 11.5 Å². The van der Waals surface area contributed by atoms with E-state index in [1.807, 2.05) is 25.3 Å². The second kappa shape index (κ2) is 12.7. The highest BCUT2D eigenvalue weighted by Gasteiger charge is 2.24. The number of pyridine rings is 1. The molecule has 0 spiro atoms. The summed E-state index contributed by atoms with van der Waals surface area (Å²) in [6.45, 7) is 6.28. The molecule has 1 saturated carbocycles. The predicted molar refractivity (Wildman–Crippen MR) is 151 cm³/mol. The summed E-state index contributed by atoms with van der Waals surface area (Å²) < 4.78 is 37.8. The highest BCUT2D eigenvalue weighted by molar-refractivity contribution is 7.14. The second-order valence-electron chi connectivity index (χ2n) is 8.62. The fraction of sp³-hybridized carbons (Fsp3) is 0.276. The minimum absolute atomic E-state index is 0.0904. The maximum absolute atomic E-state index is 13.4. The van der Waals surface area contributed by atoms with E-state index in [1.54, 1.807) is 53.9 Å². The van der Waals surface area contributed by atoms with Crippen molar-refractivity contribution in [3.8, 4) is 11.5 Å². The number of alkyl halides is 2. The summed E-state index contributed by atoms with van der Waals surface area (Å²) in [7, 11) is 0. The molecule has 0 bridgehead atoms. The molecule has 1 N–H and O–H groups in total. The van der Waals surface area contributed by atoms with E-state index in [0.29, 0.717) is 39.4 Å². The van der Waals surface area contributed by atoms with Gasteiger partial charge in [0.15, 0.2) is 16.6 Å². The van der Waals surface area contributed by atoms with Crippen molar-refractivity contribution in [2.45, 2.75) is 52.6 Å². The van der Waals surface area contributed by atoms with Crippen LogP contribution in [0.2, 0.25) is 0 Å². The Labute approximate surface area is 229 Å². The molecule has 0 unspecified atom stereocenters. The standard InChI is InChI=1S/C27H24F2N4O3S.C2H6/c1-16(2)35-24-18(9-6-10-21(24)36-26(28)29)12-13-19-23(33-14-4-3-11-22(33)30-19)25(34)32-27-31-20(15-37-27)17-7-5-8-17;1-2/h3-4,6,9-15,17,26H,1,5,7-8H2,2H3,(H,31,32,34);1-2H3/b13-12+;. The molecule has 0 aliphatic heterocycles. The van der Waals surface area contributed by atoms with E-state index in [2.05, 4.69) is 26.6 Å². The van der Waals surface area contributed by atoms with Gasteiger partial charge in [-0.2, -0.15) is 8.78 Å². The summed E-state index contributed by atoms with van der Waals surface area (Å²) in [4.78, 5) is 22.6. The van der Waals surface area contributed by atoms with Gasteiger partial charge in [-0.1, -0.05) is 45.0 Å². The first-order valence-electron chi connectivity index (χ1n) is 12.7. The number of carbonyl (C=O) groups excluding carboxylic acids is 1. The molecule has 7 nitrogen and oxygen atoms in total. The summed E-state index contributed by atoms with van der Waals surface area (Å²) in [5.41, 5.74) is 2.75. The number of aromatic nitrogens is 3. The Morgan fingerprint density at radius 3 is 2.67 bits per heavy atom. The molecule has 10 heteroatoms. The monoisotopic (exact) mass is 552 g/mol. The number of amides is 1. The average Bonchev–Trinajstić information content (AvgIpc) is 3.48. The Balaban J connectivity index is 0.00000172. The number of para-hydroxylation sites is 1. The molecule has 1 amide bonds. The Bertz CT molecular complexity index is 1490. The van der Waals surface area contributed by atoms with Gasteiger partial charge in [0.1, 0.15) is 11.3 Å². The number of carbonyl (C=O) groups is 1. The Kier molecular flexibility index (Phi) is 9.08. The molecular weight excluding hydrogens is 522 g/mol. The molecule has 204 valence electrons. The van der Waals surface area contributed by atoms with E-state index < -0.39 is 6.61 Å². The number of nitrogens with one attached hydrogen (secondary N) is 1. The van der Waals surface area contributed by atoms with Crippen molar-refractivity contribution in [3.05, 3.63) is 83.0 Å². The number of benzene rings is 1. The molecule has 1 aliphatic carbocycles. The van der Waals surface area contributed by atoms with Crippen LogP contribution >= 0.6 is 11.3 Å². The number of rotatable bonds is 9. The van der Waals surface area contributed by atoms with Gasteiger partial charge in [0.25, 0.3) is 5.91 Å². The molecule has 1 aliphatic rings. The van der Waals surface area contributed by atoms with Crippen LogP contribution in [-0.2, 0) is 0 Å². The number of thiazole rings is 1. The number of hydrogen-bond acceptors (Lipinski definition) is 6. The van der Waals surface area contributed by atoms with E-state index in [1.165, 1.54) is 23.8 Å². The van der Waals surface area contributed by atoms with Crippen LogP contribution in [-0.4, -0.2) is 26.9 Å². The maximum Gasteiger partial charge on any atom is 0.387 e. The Morgan fingerprint density at radius 2 is 1.97 bits per heavy atom. The molecule has 0 radical (unpaired) electrons. The molecule has 0 saturated heterocycles. The van der Waals surface area contributed by atoms with Crippen molar-refractivity contribution in [1.82, 2.24) is 14.4 Å². The van der Waals surface area contributed by atoms with Crippen LogP contribution in [0.3, 0.4) is 0 Å². The zero-order valence-corrected chi connectivity index (χ0v) is 22.8. The smallest absolute Gasteiger partial charge is 0.387 e. The number of ether oxygens (including phenoxy) is 2. The van der Waals surface area contributed by atoms with Crippen LogP contribution in [0.15, 0.2) is 60.3 Å². The lowest BCUT2D eigenvalue weighted by molar-refractivity contribution is -0.0511. The van der Waals surface area contributed by atoms with Crippen LogP contribution in [0, 0.1) is 0 Å². The molecule has 4 aromatic rings. The minimum atomic E-state index is -3.02. The topological polar surface area (TPSA) is 77.8 Å². The van der Waals surface area contributed by atoms with Crippen molar-refractivity contribution in [2.75, 3.05) is 5.32 Å². The van der Waals surface area contributed by atoms with Gasteiger partial charge in [-0.15, -0.1) is 11.3 Å². The van der Waals surface area contributed by atoms with Gasteiger partial charge < -0.3 is 9.47 Å². The lowest BCUT2D eigenvalue weighted by Gasteiger charge is -2.22. The van der Waals surface area contributed by atoms with Crippen molar-refractivity contribution in [3.63, 3.8) is 0 Å². The van der Waals surface area contributed by atoms with E-state index in [4.69, 9.17) is 4.74 Å². The largest absolute Gasteiger partial charge is 0.458 e. The third-order valence-electron chi connectivity index (χ3n) is 5.96. The number of allylic oxidation sites excluding steroid dienone is 1. The molecule has 3 aromatic heterocycles. The molecule has 1 fully saturated rings. The van der Waals surface area contributed by atoms with Gasteiger partial charge in [0.2, 0.25) is 0 Å². The number of imidazole rings is 1. The molecule has 0 atom stereocenters. The van der Waals surface area contributed by atoms with Gasteiger partial charge in [-0.25, -0.2) is 9.97 Å². The number of hydrogen-bond donors (Lipinski definition) is 1. The number of halogens is 2. The maximum atomic E-state index is 13.4. The fourth-order valence-electron chi connectivity index (χ4n) is 4.05. The zero-order valence-electron chi connectivity index (χ0n) is 22.0. The number of fused-ring (bicyclic) bond motifs is 1. The van der Waals surface area contributed by atoms with Gasteiger partial charge in [-0.3, -0.25) is 14.5 Å². The summed E-state index contributed by atoms with van der Waals surface area (Å²) in [6.07, 6.45) is 8.48. The quantitative estimate of drug-likeness (QED) is 0.213. The summed E-state index contributed by atoms with van der Waals surface area (Å²) >= 11 is 1.40. The molecule has 39 heavy (non-hydrogen) atoms. The molecular formula is C29H30F2N4O3S. The lowest BCUT2D eigenvalue weighted by Crippen LogP contribution is -2.16. The van der Waals surface area contributed by atoms with E-state index in [-0.39, 0.29) is 17.4 Å². The first-order valence-corrected chi connectivity index (χ1v) is 13.6. The van der Waals surface area contributed by atoms with E-state index in [9.17, 15) is 13.6 Å². The van der Waals surface area contributed by atoms with Crippen molar-refractivity contribution in [2.24, 2.45) is 0 Å². The number of anilines is 1. The van der Waals surface area contributed by atoms with Crippen LogP contribution < -0.4 is 14.8 Å². The first-order chi connectivity index (χ1) is 18.9. The second-order valence-corrected chi connectivity index (χ2v) is 9.48. The summed E-state index contributed by atoms with van der Waals surface area (Å²) in [6, 6.07) is 10.1. The first kappa shape index (κ1) is 28.0. The fourth-order valence-corrected chi connectivity index (χ4v) is 4.84. The average molecular weight is 553 g/mol. The van der Waals surface area contributed by atoms with Crippen LogP contribution in [0.1, 0.15) is 73.4 Å². The zero-order chi connectivity index (χ0) is 27.9. The Hall–Kier alpha value is -4.05. The van der Waals surface area contributed by atoms with Crippen molar-refractivity contribution in [1.29, 1.82) is 0 Å². The van der Waals surface area contributed by atoms with E-state index in [0.717, 1.165) is 18.5 Å². The summed E-state index contributed by atoms with van der Waals surface area (Å²) in [5.74, 6) is 0.377. The molecule has 3 heterocycles. The lowest BCUT2D eigenvalue weighted by atomic mass is 9.83. The van der Waals surface area contributed by atoms with Crippen LogP contribution in [0.4, 0.5) is 13.9 Å². The van der Waals surface area contributed by atoms with Crippen molar-refractivity contribution >= 4 is 40.2 Å². The van der Waals surface area contributed by atoms with Gasteiger partial charge in [0, 0.05) is 23.1 Å².